The molecule has 5 atom stereocenters. The minimum atomic E-state index is -0.698. The number of carboxylic acids is 1. The number of hydrogen-bond acceptors (Lipinski definition) is 5. The number of nitrogens with one attached hydrogen (secondary N) is 2. The van der Waals surface area contributed by atoms with Gasteiger partial charge in [0, 0.05) is 12.5 Å². The predicted molar refractivity (Wildman–Crippen MR) is 89.2 cm³/mol. The van der Waals surface area contributed by atoms with Gasteiger partial charge >= 0.3 is 5.97 Å². The number of piperidine rings is 1. The zero-order valence-electron chi connectivity index (χ0n) is 14.6. The van der Waals surface area contributed by atoms with Gasteiger partial charge < -0.3 is 10.4 Å². The molecule has 1 saturated carbocycles. The first-order chi connectivity index (χ1) is 11.5. The van der Waals surface area contributed by atoms with Crippen molar-refractivity contribution in [3.63, 3.8) is 0 Å². The van der Waals surface area contributed by atoms with Gasteiger partial charge in [-0.3, -0.25) is 4.79 Å². The van der Waals surface area contributed by atoms with Crippen LogP contribution in [0.15, 0.2) is 0 Å². The first kappa shape index (κ1) is 17.3. The Morgan fingerprint density at radius 1 is 1.33 bits per heavy atom. The molecule has 3 rings (SSSR count). The van der Waals surface area contributed by atoms with Crippen molar-refractivity contribution in [3.05, 3.63) is 5.82 Å². The molecule has 0 bridgehead atoms. The molecule has 1 aromatic heterocycles. The largest absolute Gasteiger partial charge is 0.480 e. The fraction of sp³-hybridized carbons (Fsp3) is 0.882. The predicted octanol–water partition coefficient (Wildman–Crippen LogP) is 2.03. The van der Waals surface area contributed by atoms with Gasteiger partial charge in [0.05, 0.1) is 0 Å². The van der Waals surface area contributed by atoms with Crippen LogP contribution in [-0.4, -0.2) is 43.8 Å². The van der Waals surface area contributed by atoms with Gasteiger partial charge in [-0.25, -0.2) is 0 Å². The molecule has 1 aliphatic carbocycles. The van der Waals surface area contributed by atoms with E-state index in [9.17, 15) is 9.90 Å². The van der Waals surface area contributed by atoms with Crippen LogP contribution >= 0.6 is 0 Å². The number of aryl methyl sites for hydroxylation is 1. The number of aromatic nitrogens is 4. The van der Waals surface area contributed by atoms with Crippen molar-refractivity contribution in [2.24, 2.45) is 23.7 Å². The second-order valence-corrected chi connectivity index (χ2v) is 8.00. The normalized spacial score (nSPS) is 33.4. The number of hydrogen-bond donors (Lipinski definition) is 3. The van der Waals surface area contributed by atoms with Gasteiger partial charge in [-0.15, -0.1) is 10.2 Å². The highest BCUT2D eigenvalue weighted by Crippen LogP contribution is 2.43. The summed E-state index contributed by atoms with van der Waals surface area (Å²) in [6.07, 6.45) is 7.34. The quantitative estimate of drug-likeness (QED) is 0.735. The molecule has 0 amide bonds. The number of tetrazole rings is 1. The number of carbonyl (C=O) groups is 1. The van der Waals surface area contributed by atoms with Crippen LogP contribution in [0.1, 0.15) is 58.2 Å². The van der Waals surface area contributed by atoms with Crippen molar-refractivity contribution >= 4 is 5.97 Å². The monoisotopic (exact) mass is 335 g/mol. The van der Waals surface area contributed by atoms with Crippen molar-refractivity contribution in [2.75, 3.05) is 0 Å². The maximum atomic E-state index is 11.5. The molecular formula is C17H29N5O2. The smallest absolute Gasteiger partial charge is 0.320 e. The zero-order chi connectivity index (χ0) is 17.1. The molecule has 2 heterocycles. The number of aromatic amines is 1. The number of aliphatic carboxylic acids is 1. The van der Waals surface area contributed by atoms with Crippen LogP contribution < -0.4 is 5.32 Å². The van der Waals surface area contributed by atoms with Crippen molar-refractivity contribution in [1.29, 1.82) is 0 Å². The van der Waals surface area contributed by atoms with Crippen molar-refractivity contribution in [2.45, 2.75) is 70.9 Å². The number of rotatable bonds is 6. The third-order valence-corrected chi connectivity index (χ3v) is 5.81. The van der Waals surface area contributed by atoms with E-state index >= 15 is 0 Å². The standard InChI is InChI=1S/C17H29N5O2/c1-10(2)7-14-13-5-3-11(4-6-16-19-21-22-20-16)8-12(13)9-15(18-14)17(23)24/h10-15,18H,3-9H2,1-2H3,(H,23,24)(H,19,20,21,22)/t11-,12-,13-,14?,15+/m1/s1. The molecule has 0 radical (unpaired) electrons. The molecule has 7 heteroatoms. The molecule has 2 aliphatic rings. The summed E-state index contributed by atoms with van der Waals surface area (Å²) in [7, 11) is 0. The Kier molecular flexibility index (Phi) is 5.48. The van der Waals surface area contributed by atoms with E-state index in [0.29, 0.717) is 29.7 Å². The zero-order valence-corrected chi connectivity index (χ0v) is 14.6. The fourth-order valence-electron chi connectivity index (χ4n) is 4.74. The van der Waals surface area contributed by atoms with Gasteiger partial charge in [0.1, 0.15) is 6.04 Å². The number of carboxylic acid groups (broad SMARTS) is 1. The molecule has 1 saturated heterocycles. The van der Waals surface area contributed by atoms with Gasteiger partial charge in [-0.2, -0.15) is 5.21 Å². The fourth-order valence-corrected chi connectivity index (χ4v) is 4.74. The van der Waals surface area contributed by atoms with E-state index in [1.165, 1.54) is 12.8 Å². The molecule has 0 aromatic carbocycles. The summed E-state index contributed by atoms with van der Waals surface area (Å²) in [6, 6.07) is -0.0334. The first-order valence-electron chi connectivity index (χ1n) is 9.24. The molecule has 134 valence electrons. The number of H-pyrrole nitrogens is 1. The Hall–Kier alpha value is -1.50. The molecule has 3 N–H and O–H groups in total. The van der Waals surface area contributed by atoms with E-state index in [1.807, 2.05) is 0 Å². The summed E-state index contributed by atoms with van der Waals surface area (Å²) in [5.74, 6) is 2.48. The topological polar surface area (TPSA) is 104 Å². The SMILES string of the molecule is CC(C)CC1N[C@H](C(=O)O)C[C@H]2C[C@@H](CCc3nn[nH]n3)CC[C@@H]12. The van der Waals surface area contributed by atoms with Gasteiger partial charge in [-0.05, 0) is 55.8 Å². The van der Waals surface area contributed by atoms with E-state index in [1.54, 1.807) is 0 Å². The Labute approximate surface area is 143 Å². The summed E-state index contributed by atoms with van der Waals surface area (Å²) < 4.78 is 0. The third-order valence-electron chi connectivity index (χ3n) is 5.81. The molecule has 1 aliphatic heterocycles. The van der Waals surface area contributed by atoms with Crippen LogP contribution in [0.4, 0.5) is 0 Å². The van der Waals surface area contributed by atoms with E-state index in [-0.39, 0.29) is 6.04 Å². The maximum absolute atomic E-state index is 11.5. The first-order valence-corrected chi connectivity index (χ1v) is 9.24. The van der Waals surface area contributed by atoms with Gasteiger partial charge in [-0.1, -0.05) is 25.5 Å². The van der Waals surface area contributed by atoms with Gasteiger partial charge in [0.2, 0.25) is 0 Å². The average molecular weight is 335 g/mol. The molecule has 0 spiro atoms. The molecule has 2 fully saturated rings. The Morgan fingerprint density at radius 3 is 2.83 bits per heavy atom. The van der Waals surface area contributed by atoms with Crippen LogP contribution in [0.5, 0.6) is 0 Å². The van der Waals surface area contributed by atoms with Crippen molar-refractivity contribution in [1.82, 2.24) is 25.9 Å². The van der Waals surface area contributed by atoms with E-state index in [0.717, 1.165) is 37.9 Å². The van der Waals surface area contributed by atoms with E-state index in [4.69, 9.17) is 0 Å². The van der Waals surface area contributed by atoms with Gasteiger partial charge in [0.25, 0.3) is 0 Å². The summed E-state index contributed by atoms with van der Waals surface area (Å²) in [5, 5.41) is 27.1. The summed E-state index contributed by atoms with van der Waals surface area (Å²) >= 11 is 0. The minimum absolute atomic E-state index is 0.350. The highest BCUT2D eigenvalue weighted by atomic mass is 16.4. The van der Waals surface area contributed by atoms with Crippen molar-refractivity contribution in [3.8, 4) is 0 Å². The number of nitrogens with zero attached hydrogens (tertiary/aromatic N) is 3. The minimum Gasteiger partial charge on any atom is -0.480 e. The third kappa shape index (κ3) is 4.12. The second kappa shape index (κ2) is 7.59. The Bertz CT molecular complexity index is 533. The highest BCUT2D eigenvalue weighted by Gasteiger charge is 2.42. The van der Waals surface area contributed by atoms with Crippen LogP contribution in [0, 0.1) is 23.7 Å². The lowest BCUT2D eigenvalue weighted by atomic mass is 9.65. The second-order valence-electron chi connectivity index (χ2n) is 8.00. The Morgan fingerprint density at radius 2 is 2.17 bits per heavy atom. The van der Waals surface area contributed by atoms with Gasteiger partial charge in [0.15, 0.2) is 5.82 Å². The average Bonchev–Trinajstić information content (AvgIpc) is 3.05. The van der Waals surface area contributed by atoms with Crippen LogP contribution in [0.3, 0.4) is 0 Å². The van der Waals surface area contributed by atoms with Crippen LogP contribution in [-0.2, 0) is 11.2 Å². The lowest BCUT2D eigenvalue weighted by Crippen LogP contribution is -2.56. The Balaban J connectivity index is 1.60. The van der Waals surface area contributed by atoms with Crippen LogP contribution in [0.25, 0.3) is 0 Å². The summed E-state index contributed by atoms with van der Waals surface area (Å²) in [5.41, 5.74) is 0. The number of fused-ring (bicyclic) bond motifs is 1. The molecule has 1 aromatic rings. The molecule has 1 unspecified atom stereocenters. The van der Waals surface area contributed by atoms with Crippen molar-refractivity contribution < 1.29 is 9.90 Å². The van der Waals surface area contributed by atoms with E-state index < -0.39 is 5.97 Å². The molecular weight excluding hydrogens is 306 g/mol. The maximum Gasteiger partial charge on any atom is 0.320 e. The lowest BCUT2D eigenvalue weighted by Gasteiger charge is -2.47. The lowest BCUT2D eigenvalue weighted by molar-refractivity contribution is -0.142. The highest BCUT2D eigenvalue weighted by molar-refractivity contribution is 5.73. The molecule has 7 nitrogen and oxygen atoms in total. The van der Waals surface area contributed by atoms with Crippen LogP contribution in [0.2, 0.25) is 0 Å². The molecule has 24 heavy (non-hydrogen) atoms. The summed E-state index contributed by atoms with van der Waals surface area (Å²) in [6.45, 7) is 4.44. The summed E-state index contributed by atoms with van der Waals surface area (Å²) in [4.78, 5) is 11.5. The van der Waals surface area contributed by atoms with E-state index in [2.05, 4.69) is 39.8 Å².